The third-order valence-corrected chi connectivity index (χ3v) is 2.19. The quantitative estimate of drug-likeness (QED) is 0.841. The SMILES string of the molecule is COCc1nc(Cl)cc(Nc2cnn(C)c2)n1. The van der Waals surface area contributed by atoms with E-state index in [0.29, 0.717) is 23.4 Å². The Labute approximate surface area is 104 Å². The first-order chi connectivity index (χ1) is 8.17. The van der Waals surface area contributed by atoms with Gasteiger partial charge >= 0.3 is 0 Å². The lowest BCUT2D eigenvalue weighted by Crippen LogP contribution is -2.01. The lowest BCUT2D eigenvalue weighted by atomic mass is 10.5. The molecular weight excluding hydrogens is 242 g/mol. The molecule has 0 atom stereocenters. The predicted octanol–water partition coefficient (Wildman–Crippen LogP) is 1.75. The van der Waals surface area contributed by atoms with Gasteiger partial charge in [-0.1, -0.05) is 11.6 Å². The van der Waals surface area contributed by atoms with Crippen LogP contribution >= 0.6 is 11.6 Å². The number of aromatic nitrogens is 4. The number of halogens is 1. The van der Waals surface area contributed by atoms with Crippen molar-refractivity contribution in [2.75, 3.05) is 12.4 Å². The zero-order valence-electron chi connectivity index (χ0n) is 9.51. The maximum Gasteiger partial charge on any atom is 0.158 e. The Hall–Kier alpha value is -1.66. The van der Waals surface area contributed by atoms with Crippen molar-refractivity contribution in [1.29, 1.82) is 0 Å². The minimum absolute atomic E-state index is 0.322. The summed E-state index contributed by atoms with van der Waals surface area (Å²) >= 11 is 5.89. The molecule has 6 nitrogen and oxygen atoms in total. The van der Waals surface area contributed by atoms with Crippen LogP contribution in [0.25, 0.3) is 0 Å². The standard InChI is InChI=1S/C10H12ClN5O/c1-16-5-7(4-12-16)13-9-3-8(11)14-10(15-9)6-17-2/h3-5H,6H2,1-2H3,(H,13,14,15). The lowest BCUT2D eigenvalue weighted by molar-refractivity contribution is 0.178. The summed E-state index contributed by atoms with van der Waals surface area (Å²) in [6.07, 6.45) is 3.54. The van der Waals surface area contributed by atoms with Gasteiger partial charge in [0.25, 0.3) is 0 Å². The van der Waals surface area contributed by atoms with Crippen molar-refractivity contribution < 1.29 is 4.74 Å². The van der Waals surface area contributed by atoms with Gasteiger partial charge in [0.15, 0.2) is 5.82 Å². The van der Waals surface area contributed by atoms with Crippen LogP contribution in [0.2, 0.25) is 5.15 Å². The fraction of sp³-hybridized carbons (Fsp3) is 0.300. The molecule has 0 amide bonds. The van der Waals surface area contributed by atoms with E-state index < -0.39 is 0 Å². The van der Waals surface area contributed by atoms with Crippen molar-refractivity contribution in [1.82, 2.24) is 19.7 Å². The van der Waals surface area contributed by atoms with Crippen LogP contribution in [0.15, 0.2) is 18.5 Å². The van der Waals surface area contributed by atoms with Crippen LogP contribution in [0.1, 0.15) is 5.82 Å². The minimum Gasteiger partial charge on any atom is -0.377 e. The molecule has 1 N–H and O–H groups in total. The molecule has 2 aromatic rings. The van der Waals surface area contributed by atoms with Gasteiger partial charge in [0.05, 0.1) is 11.9 Å². The van der Waals surface area contributed by atoms with Gasteiger partial charge in [-0.05, 0) is 0 Å². The Morgan fingerprint density at radius 2 is 2.29 bits per heavy atom. The number of aryl methyl sites for hydroxylation is 1. The van der Waals surface area contributed by atoms with E-state index in [4.69, 9.17) is 16.3 Å². The Morgan fingerprint density at radius 3 is 2.94 bits per heavy atom. The summed E-state index contributed by atoms with van der Waals surface area (Å²) in [4.78, 5) is 8.30. The van der Waals surface area contributed by atoms with Crippen LogP contribution in [-0.4, -0.2) is 26.9 Å². The Kier molecular flexibility index (Phi) is 3.55. The maximum atomic E-state index is 5.89. The third-order valence-electron chi connectivity index (χ3n) is 1.99. The first-order valence-corrected chi connectivity index (χ1v) is 5.33. The molecule has 0 fully saturated rings. The molecule has 7 heteroatoms. The van der Waals surface area contributed by atoms with Crippen LogP contribution in [-0.2, 0) is 18.4 Å². The molecule has 0 aliphatic carbocycles. The van der Waals surface area contributed by atoms with E-state index in [1.807, 2.05) is 13.2 Å². The highest BCUT2D eigenvalue weighted by Gasteiger charge is 2.04. The van der Waals surface area contributed by atoms with Crippen molar-refractivity contribution in [3.63, 3.8) is 0 Å². The number of anilines is 2. The second-order valence-corrected chi connectivity index (χ2v) is 3.84. The van der Waals surface area contributed by atoms with Gasteiger partial charge in [-0.15, -0.1) is 0 Å². The van der Waals surface area contributed by atoms with E-state index in [2.05, 4.69) is 20.4 Å². The molecule has 0 aliphatic heterocycles. The zero-order valence-corrected chi connectivity index (χ0v) is 10.3. The highest BCUT2D eigenvalue weighted by atomic mass is 35.5. The molecule has 0 saturated heterocycles. The highest BCUT2D eigenvalue weighted by molar-refractivity contribution is 6.29. The van der Waals surface area contributed by atoms with E-state index in [1.54, 1.807) is 24.1 Å². The second kappa shape index (κ2) is 5.11. The molecule has 0 saturated carbocycles. The van der Waals surface area contributed by atoms with E-state index in [1.165, 1.54) is 0 Å². The van der Waals surface area contributed by atoms with E-state index in [-0.39, 0.29) is 0 Å². The van der Waals surface area contributed by atoms with Gasteiger partial charge in [0.2, 0.25) is 0 Å². The van der Waals surface area contributed by atoms with Crippen LogP contribution in [0.5, 0.6) is 0 Å². The summed E-state index contributed by atoms with van der Waals surface area (Å²) < 4.78 is 6.66. The van der Waals surface area contributed by atoms with Crippen molar-refractivity contribution in [3.8, 4) is 0 Å². The van der Waals surface area contributed by atoms with Crippen LogP contribution < -0.4 is 5.32 Å². The zero-order chi connectivity index (χ0) is 12.3. The monoisotopic (exact) mass is 253 g/mol. The minimum atomic E-state index is 0.322. The van der Waals surface area contributed by atoms with Gasteiger partial charge in [-0.25, -0.2) is 9.97 Å². The Bertz CT molecular complexity index is 513. The van der Waals surface area contributed by atoms with E-state index >= 15 is 0 Å². The van der Waals surface area contributed by atoms with Crippen LogP contribution in [0, 0.1) is 0 Å². The van der Waals surface area contributed by atoms with Crippen molar-refractivity contribution >= 4 is 23.1 Å². The van der Waals surface area contributed by atoms with E-state index in [0.717, 1.165) is 5.69 Å². The largest absolute Gasteiger partial charge is 0.377 e. The van der Waals surface area contributed by atoms with Gasteiger partial charge in [-0.3, -0.25) is 4.68 Å². The van der Waals surface area contributed by atoms with Crippen molar-refractivity contribution in [2.45, 2.75) is 6.61 Å². The molecule has 0 unspecified atom stereocenters. The molecule has 2 aromatic heterocycles. The summed E-state index contributed by atoms with van der Waals surface area (Å²) in [5.41, 5.74) is 0.839. The average Bonchev–Trinajstić information content (AvgIpc) is 2.63. The van der Waals surface area contributed by atoms with Crippen molar-refractivity contribution in [3.05, 3.63) is 29.4 Å². The number of nitrogens with zero attached hydrogens (tertiary/aromatic N) is 4. The van der Waals surface area contributed by atoms with Crippen LogP contribution in [0.4, 0.5) is 11.5 Å². The van der Waals surface area contributed by atoms with Gasteiger partial charge in [0, 0.05) is 26.4 Å². The molecule has 17 heavy (non-hydrogen) atoms. The predicted molar refractivity (Wildman–Crippen MR) is 64.2 cm³/mol. The molecule has 0 radical (unpaired) electrons. The second-order valence-electron chi connectivity index (χ2n) is 3.45. The topological polar surface area (TPSA) is 64.9 Å². The Morgan fingerprint density at radius 1 is 1.47 bits per heavy atom. The molecule has 0 aliphatic rings. The first kappa shape index (κ1) is 11.8. The van der Waals surface area contributed by atoms with Crippen LogP contribution in [0.3, 0.4) is 0 Å². The number of ether oxygens (including phenoxy) is 1. The molecule has 0 spiro atoms. The molecule has 2 heterocycles. The fourth-order valence-corrected chi connectivity index (χ4v) is 1.56. The molecule has 0 aromatic carbocycles. The number of hydrogen-bond donors (Lipinski definition) is 1. The molecular formula is C10H12ClN5O. The van der Waals surface area contributed by atoms with Gasteiger partial charge < -0.3 is 10.1 Å². The highest BCUT2D eigenvalue weighted by Crippen LogP contribution is 2.16. The number of hydrogen-bond acceptors (Lipinski definition) is 5. The summed E-state index contributed by atoms with van der Waals surface area (Å²) in [6.45, 7) is 0.322. The number of methoxy groups -OCH3 is 1. The van der Waals surface area contributed by atoms with E-state index in [9.17, 15) is 0 Å². The molecule has 2 rings (SSSR count). The molecule has 0 bridgehead atoms. The summed E-state index contributed by atoms with van der Waals surface area (Å²) in [5.74, 6) is 1.15. The third kappa shape index (κ3) is 3.15. The number of nitrogens with one attached hydrogen (secondary N) is 1. The maximum absolute atomic E-state index is 5.89. The first-order valence-electron chi connectivity index (χ1n) is 4.95. The lowest BCUT2D eigenvalue weighted by Gasteiger charge is -2.05. The normalized spacial score (nSPS) is 10.5. The summed E-state index contributed by atoms with van der Waals surface area (Å²) in [6, 6.07) is 1.65. The summed E-state index contributed by atoms with van der Waals surface area (Å²) in [5, 5.41) is 7.51. The average molecular weight is 254 g/mol. The van der Waals surface area contributed by atoms with Gasteiger partial charge in [-0.2, -0.15) is 5.10 Å². The summed E-state index contributed by atoms with van der Waals surface area (Å²) in [7, 11) is 3.42. The smallest absolute Gasteiger partial charge is 0.158 e. The molecule has 90 valence electrons. The fourth-order valence-electron chi connectivity index (χ4n) is 1.36. The van der Waals surface area contributed by atoms with Crippen molar-refractivity contribution in [2.24, 2.45) is 7.05 Å². The van der Waals surface area contributed by atoms with Gasteiger partial charge in [0.1, 0.15) is 17.6 Å². The Balaban J connectivity index is 2.20. The number of rotatable bonds is 4.